The maximum absolute atomic E-state index is 12.4. The molecule has 0 N–H and O–H groups in total. The maximum atomic E-state index is 12.4. The zero-order valence-electron chi connectivity index (χ0n) is 16.8. The van der Waals surface area contributed by atoms with Gasteiger partial charge in [0.25, 0.3) is 0 Å². The highest BCUT2D eigenvalue weighted by atomic mass is 16.5. The molecule has 0 aliphatic carbocycles. The van der Waals surface area contributed by atoms with Crippen molar-refractivity contribution in [1.82, 2.24) is 4.57 Å². The fraction of sp³-hybridized carbons (Fsp3) is 0.381. The maximum Gasteiger partial charge on any atom is 0.339 e. The van der Waals surface area contributed by atoms with Crippen molar-refractivity contribution in [3.05, 3.63) is 52.8 Å². The number of hydrogen-bond acceptors (Lipinski definition) is 6. The van der Waals surface area contributed by atoms with Crippen molar-refractivity contribution in [2.45, 2.75) is 40.3 Å². The predicted octanol–water partition coefficient (Wildman–Crippen LogP) is 3.10. The van der Waals surface area contributed by atoms with Crippen LogP contribution in [0.15, 0.2) is 30.3 Å². The van der Waals surface area contributed by atoms with E-state index in [1.807, 2.05) is 0 Å². The number of ketones is 1. The first-order chi connectivity index (χ1) is 13.3. The lowest BCUT2D eigenvalue weighted by Crippen LogP contribution is -2.27. The van der Waals surface area contributed by atoms with E-state index in [1.165, 1.54) is 6.92 Å². The number of rotatable bonds is 8. The Morgan fingerprint density at radius 1 is 1.11 bits per heavy atom. The van der Waals surface area contributed by atoms with Crippen molar-refractivity contribution >= 4 is 17.7 Å². The largest absolute Gasteiger partial charge is 0.497 e. The Hall–Kier alpha value is -3.09. The van der Waals surface area contributed by atoms with Crippen molar-refractivity contribution in [2.75, 3.05) is 13.7 Å². The number of nitrogens with zero attached hydrogens (tertiary/aromatic N) is 1. The normalized spacial score (nSPS) is 11.6. The molecule has 2 rings (SSSR count). The lowest BCUT2D eigenvalue weighted by molar-refractivity contribution is -0.147. The number of hydrogen-bond donors (Lipinski definition) is 0. The first-order valence-corrected chi connectivity index (χ1v) is 9.00. The SMILES string of the molecule is CCOC(=O)c1cc(C)n(CC(=O)O[C@@H](C)C(=O)c2ccc(OC)cc2)c1C. The molecule has 7 nitrogen and oxygen atoms in total. The molecule has 0 saturated carbocycles. The van der Waals surface area contributed by atoms with E-state index in [4.69, 9.17) is 14.2 Å². The summed E-state index contributed by atoms with van der Waals surface area (Å²) in [6.45, 7) is 6.96. The lowest BCUT2D eigenvalue weighted by Gasteiger charge is -2.14. The van der Waals surface area contributed by atoms with Gasteiger partial charge < -0.3 is 18.8 Å². The van der Waals surface area contributed by atoms with Crippen LogP contribution in [0.5, 0.6) is 5.75 Å². The van der Waals surface area contributed by atoms with Crippen LogP contribution in [0.3, 0.4) is 0 Å². The molecular weight excluding hydrogens is 362 g/mol. The minimum Gasteiger partial charge on any atom is -0.497 e. The van der Waals surface area contributed by atoms with Gasteiger partial charge in [-0.15, -0.1) is 0 Å². The Balaban J connectivity index is 2.05. The number of carbonyl (C=O) groups is 3. The lowest BCUT2D eigenvalue weighted by atomic mass is 10.1. The van der Waals surface area contributed by atoms with Crippen LogP contribution in [0.1, 0.15) is 46.0 Å². The molecule has 0 fully saturated rings. The Morgan fingerprint density at radius 3 is 2.32 bits per heavy atom. The average Bonchev–Trinajstić information content (AvgIpc) is 2.95. The predicted molar refractivity (Wildman–Crippen MR) is 103 cm³/mol. The van der Waals surface area contributed by atoms with Crippen LogP contribution in [0.25, 0.3) is 0 Å². The van der Waals surface area contributed by atoms with E-state index in [2.05, 4.69) is 0 Å². The third kappa shape index (κ3) is 4.79. The Labute approximate surface area is 164 Å². The molecule has 0 unspecified atom stereocenters. The first kappa shape index (κ1) is 21.2. The van der Waals surface area contributed by atoms with Gasteiger partial charge in [-0.05, 0) is 58.0 Å². The summed E-state index contributed by atoms with van der Waals surface area (Å²) in [5, 5.41) is 0. The number of esters is 2. The smallest absolute Gasteiger partial charge is 0.339 e. The van der Waals surface area contributed by atoms with Crippen molar-refractivity contribution in [1.29, 1.82) is 0 Å². The summed E-state index contributed by atoms with van der Waals surface area (Å²) in [4.78, 5) is 36.8. The number of benzene rings is 1. The van der Waals surface area contributed by atoms with E-state index >= 15 is 0 Å². The van der Waals surface area contributed by atoms with Crippen LogP contribution in [0.2, 0.25) is 0 Å². The molecule has 0 spiro atoms. The molecule has 150 valence electrons. The number of carbonyl (C=O) groups excluding carboxylic acids is 3. The highest BCUT2D eigenvalue weighted by Gasteiger charge is 2.22. The van der Waals surface area contributed by atoms with Gasteiger partial charge in [0.1, 0.15) is 12.3 Å². The highest BCUT2D eigenvalue weighted by Crippen LogP contribution is 2.17. The monoisotopic (exact) mass is 387 g/mol. The van der Waals surface area contributed by atoms with Crippen LogP contribution in [-0.4, -0.2) is 42.1 Å². The number of methoxy groups -OCH3 is 1. The fourth-order valence-electron chi connectivity index (χ4n) is 2.87. The standard InChI is InChI=1S/C21H25NO6/c1-6-27-21(25)18-11-13(2)22(14(18)3)12-19(23)28-15(4)20(24)16-7-9-17(26-5)10-8-16/h7-11,15H,6,12H2,1-5H3/t15-/m0/s1. The second kappa shape index (κ2) is 9.21. The third-order valence-corrected chi connectivity index (χ3v) is 4.41. The van der Waals surface area contributed by atoms with Gasteiger partial charge in [-0.2, -0.15) is 0 Å². The number of Topliss-reactive ketones (excluding diaryl/α,β-unsaturated/α-hetero) is 1. The summed E-state index contributed by atoms with van der Waals surface area (Å²) < 4.78 is 17.0. The first-order valence-electron chi connectivity index (χ1n) is 9.00. The van der Waals surface area contributed by atoms with Gasteiger partial charge in [-0.25, -0.2) is 4.79 Å². The van der Waals surface area contributed by atoms with Gasteiger partial charge in [0.2, 0.25) is 5.78 Å². The van der Waals surface area contributed by atoms with Crippen molar-refractivity contribution in [3.63, 3.8) is 0 Å². The van der Waals surface area contributed by atoms with E-state index in [0.29, 0.717) is 22.6 Å². The molecule has 0 saturated heterocycles. The summed E-state index contributed by atoms with van der Waals surface area (Å²) in [5.74, 6) is -0.661. The molecule has 0 radical (unpaired) electrons. The van der Waals surface area contributed by atoms with Gasteiger partial charge in [0.05, 0.1) is 19.3 Å². The van der Waals surface area contributed by atoms with E-state index in [1.54, 1.807) is 62.8 Å². The van der Waals surface area contributed by atoms with Gasteiger partial charge in [-0.1, -0.05) is 0 Å². The van der Waals surface area contributed by atoms with Crippen molar-refractivity contribution in [3.8, 4) is 5.75 Å². The van der Waals surface area contributed by atoms with Gasteiger partial charge in [0, 0.05) is 17.0 Å². The average molecular weight is 387 g/mol. The Bertz CT molecular complexity index is 866. The minimum absolute atomic E-state index is 0.0999. The summed E-state index contributed by atoms with van der Waals surface area (Å²) in [7, 11) is 1.54. The van der Waals surface area contributed by atoms with E-state index < -0.39 is 18.0 Å². The summed E-state index contributed by atoms with van der Waals surface area (Å²) >= 11 is 0. The van der Waals surface area contributed by atoms with Gasteiger partial charge in [-0.3, -0.25) is 9.59 Å². The Morgan fingerprint density at radius 2 is 1.75 bits per heavy atom. The number of aromatic nitrogens is 1. The topological polar surface area (TPSA) is 83.8 Å². The molecule has 28 heavy (non-hydrogen) atoms. The van der Waals surface area contributed by atoms with E-state index in [-0.39, 0.29) is 18.9 Å². The second-order valence-corrected chi connectivity index (χ2v) is 6.32. The summed E-state index contributed by atoms with van der Waals surface area (Å²) in [5.41, 5.74) is 2.18. The number of aryl methyl sites for hydroxylation is 1. The molecule has 1 heterocycles. The molecule has 0 aliphatic rings. The van der Waals surface area contributed by atoms with Crippen LogP contribution in [0.4, 0.5) is 0 Å². The van der Waals surface area contributed by atoms with Gasteiger partial charge in [0.15, 0.2) is 6.10 Å². The molecule has 1 aromatic heterocycles. The van der Waals surface area contributed by atoms with Crippen LogP contribution in [0, 0.1) is 13.8 Å². The molecule has 1 aromatic carbocycles. The number of ether oxygens (including phenoxy) is 3. The van der Waals surface area contributed by atoms with Crippen molar-refractivity contribution < 1.29 is 28.6 Å². The van der Waals surface area contributed by atoms with Crippen LogP contribution in [-0.2, 0) is 20.8 Å². The third-order valence-electron chi connectivity index (χ3n) is 4.41. The highest BCUT2D eigenvalue weighted by molar-refractivity contribution is 6.00. The quantitative estimate of drug-likeness (QED) is 0.511. The van der Waals surface area contributed by atoms with Gasteiger partial charge >= 0.3 is 11.9 Å². The molecule has 7 heteroatoms. The van der Waals surface area contributed by atoms with E-state index in [0.717, 1.165) is 5.69 Å². The van der Waals surface area contributed by atoms with Crippen molar-refractivity contribution in [2.24, 2.45) is 0 Å². The second-order valence-electron chi connectivity index (χ2n) is 6.32. The van der Waals surface area contributed by atoms with Crippen LogP contribution >= 0.6 is 0 Å². The Kier molecular flexibility index (Phi) is 6.98. The van der Waals surface area contributed by atoms with E-state index in [9.17, 15) is 14.4 Å². The zero-order valence-corrected chi connectivity index (χ0v) is 16.8. The molecule has 1 atom stereocenters. The molecule has 0 bridgehead atoms. The molecular formula is C21H25NO6. The fourth-order valence-corrected chi connectivity index (χ4v) is 2.87. The zero-order chi connectivity index (χ0) is 20.8. The summed E-state index contributed by atoms with van der Waals surface area (Å²) in [6.07, 6.45) is -0.929. The molecule has 2 aromatic rings. The minimum atomic E-state index is -0.929. The molecule has 0 aliphatic heterocycles. The van der Waals surface area contributed by atoms with Crippen LogP contribution < -0.4 is 4.74 Å². The summed E-state index contributed by atoms with van der Waals surface area (Å²) in [6, 6.07) is 8.26. The molecule has 0 amide bonds.